The van der Waals surface area contributed by atoms with Crippen LogP contribution < -0.4 is 5.48 Å². The van der Waals surface area contributed by atoms with Gasteiger partial charge in [0.25, 0.3) is 0 Å². The van der Waals surface area contributed by atoms with Gasteiger partial charge in [0.15, 0.2) is 0 Å². The summed E-state index contributed by atoms with van der Waals surface area (Å²) in [5.41, 5.74) is 1.25. The summed E-state index contributed by atoms with van der Waals surface area (Å²) in [6.45, 7) is 8.29. The molecule has 18 heavy (non-hydrogen) atoms. The number of halogens is 1. The van der Waals surface area contributed by atoms with E-state index in [1.807, 2.05) is 5.48 Å². The Balaban J connectivity index is 4.33. The highest BCUT2D eigenvalue weighted by Crippen LogP contribution is 2.11. The second-order valence-corrected chi connectivity index (χ2v) is 6.62. The number of rotatable bonds is 5. The monoisotopic (exact) mass is 285 g/mol. The van der Waals surface area contributed by atoms with Gasteiger partial charge in [0.05, 0.1) is 0 Å². The molecule has 0 saturated heterocycles. The predicted octanol–water partition coefficient (Wildman–Crippen LogP) is 1.77. The highest BCUT2D eigenvalue weighted by atomic mass is 32.3. The third-order valence-corrected chi connectivity index (χ3v) is 2.53. The average Bonchev–Trinajstić information content (AvgIpc) is 2.06. The third-order valence-electron chi connectivity index (χ3n) is 1.80. The Morgan fingerprint density at radius 1 is 1.33 bits per heavy atom. The first-order valence-electron chi connectivity index (χ1n) is 5.47. The second kappa shape index (κ2) is 6.33. The van der Waals surface area contributed by atoms with Crippen molar-refractivity contribution in [3.8, 4) is 0 Å². The lowest BCUT2D eigenvalue weighted by Gasteiger charge is -2.22. The molecular weight excluding hydrogens is 265 g/mol. The van der Waals surface area contributed by atoms with Gasteiger partial charge in [-0.25, -0.2) is 4.79 Å². The van der Waals surface area contributed by atoms with Crippen LogP contribution >= 0.6 is 0 Å². The molecule has 8 heteroatoms. The fourth-order valence-corrected chi connectivity index (χ4v) is 1.83. The lowest BCUT2D eigenvalue weighted by molar-refractivity contribution is -0.0493. The Labute approximate surface area is 107 Å². The van der Waals surface area contributed by atoms with Crippen molar-refractivity contribution in [1.29, 1.82) is 0 Å². The zero-order chi connectivity index (χ0) is 14.6. The molecular formula is C10H20FNO5S. The summed E-state index contributed by atoms with van der Waals surface area (Å²) >= 11 is 0. The maximum atomic E-state index is 12.5. The summed E-state index contributed by atoms with van der Waals surface area (Å²) in [5, 5.41) is 0. The lowest BCUT2D eigenvalue weighted by Crippen LogP contribution is -2.39. The quantitative estimate of drug-likeness (QED) is 0.615. The van der Waals surface area contributed by atoms with Gasteiger partial charge in [-0.3, -0.25) is 4.84 Å². The molecule has 1 unspecified atom stereocenters. The molecule has 0 rings (SSSR count). The van der Waals surface area contributed by atoms with Crippen molar-refractivity contribution in [3.05, 3.63) is 0 Å². The van der Waals surface area contributed by atoms with E-state index in [0.29, 0.717) is 0 Å². The molecule has 0 bridgehead atoms. The predicted molar refractivity (Wildman–Crippen MR) is 64.0 cm³/mol. The smallest absolute Gasteiger partial charge is 0.431 e. The molecule has 0 aliphatic heterocycles. The Bertz CT molecular complexity index is 374. The minimum Gasteiger partial charge on any atom is -0.442 e. The highest BCUT2D eigenvalue weighted by molar-refractivity contribution is 7.86. The van der Waals surface area contributed by atoms with Crippen LogP contribution in [-0.2, 0) is 19.8 Å². The minimum absolute atomic E-state index is 0.287. The topological polar surface area (TPSA) is 81.7 Å². The van der Waals surface area contributed by atoms with Crippen molar-refractivity contribution in [2.24, 2.45) is 5.92 Å². The van der Waals surface area contributed by atoms with Gasteiger partial charge in [-0.2, -0.15) is 13.9 Å². The van der Waals surface area contributed by atoms with E-state index in [4.69, 9.17) is 9.57 Å². The standard InChI is InChI=1S/C10H20FNO5S/c1-7(2)8(6-18(11,14)15)17-12-9(13)16-10(3,4)5/h7-8H,6H2,1-5H3,(H,12,13). The Kier molecular flexibility index (Phi) is 6.01. The van der Waals surface area contributed by atoms with E-state index in [0.717, 1.165) is 0 Å². The molecule has 0 aromatic rings. The number of nitrogens with one attached hydrogen (secondary N) is 1. The van der Waals surface area contributed by atoms with Crippen LogP contribution in [0.4, 0.5) is 8.68 Å². The maximum Gasteiger partial charge on any atom is 0.431 e. The van der Waals surface area contributed by atoms with Gasteiger partial charge < -0.3 is 4.74 Å². The number of hydrogen-bond acceptors (Lipinski definition) is 5. The first kappa shape index (κ1) is 17.1. The molecule has 0 aromatic heterocycles. The summed E-state index contributed by atoms with van der Waals surface area (Å²) in [6, 6.07) is 0. The zero-order valence-electron chi connectivity index (χ0n) is 11.2. The van der Waals surface area contributed by atoms with Gasteiger partial charge in [0.1, 0.15) is 17.5 Å². The van der Waals surface area contributed by atoms with E-state index in [2.05, 4.69) is 0 Å². The first-order chi connectivity index (χ1) is 7.91. The van der Waals surface area contributed by atoms with E-state index in [1.54, 1.807) is 34.6 Å². The lowest BCUT2D eigenvalue weighted by atomic mass is 10.1. The summed E-state index contributed by atoms with van der Waals surface area (Å²) in [4.78, 5) is 16.1. The fourth-order valence-electron chi connectivity index (χ4n) is 0.981. The number of hydroxylamine groups is 1. The van der Waals surface area contributed by atoms with Crippen LogP contribution in [0, 0.1) is 5.92 Å². The summed E-state index contributed by atoms with van der Waals surface area (Å²) in [5.74, 6) is -1.11. The van der Waals surface area contributed by atoms with Crippen LogP contribution in [0.25, 0.3) is 0 Å². The SMILES string of the molecule is CC(C)C(CS(=O)(=O)F)ONC(=O)OC(C)(C)C. The van der Waals surface area contributed by atoms with Gasteiger partial charge >= 0.3 is 16.3 Å². The van der Waals surface area contributed by atoms with E-state index in [-0.39, 0.29) is 5.92 Å². The number of carbonyl (C=O) groups is 1. The van der Waals surface area contributed by atoms with Crippen molar-refractivity contribution < 1.29 is 26.7 Å². The zero-order valence-corrected chi connectivity index (χ0v) is 12.0. The molecule has 1 amide bonds. The van der Waals surface area contributed by atoms with Crippen LogP contribution in [0.5, 0.6) is 0 Å². The maximum absolute atomic E-state index is 12.5. The summed E-state index contributed by atoms with van der Waals surface area (Å²) in [6.07, 6.45) is -1.84. The Hall–Kier alpha value is -0.890. The number of hydrogen-bond donors (Lipinski definition) is 1. The van der Waals surface area contributed by atoms with Crippen molar-refractivity contribution in [1.82, 2.24) is 5.48 Å². The molecule has 108 valence electrons. The van der Waals surface area contributed by atoms with Crippen LogP contribution in [0.1, 0.15) is 34.6 Å². The van der Waals surface area contributed by atoms with Gasteiger partial charge in [0.2, 0.25) is 0 Å². The van der Waals surface area contributed by atoms with E-state index >= 15 is 0 Å². The van der Waals surface area contributed by atoms with Gasteiger partial charge in [0, 0.05) is 0 Å². The van der Waals surface area contributed by atoms with E-state index < -0.39 is 33.8 Å². The van der Waals surface area contributed by atoms with Crippen LogP contribution in [0.15, 0.2) is 0 Å². The molecule has 0 aliphatic carbocycles. The van der Waals surface area contributed by atoms with E-state index in [1.165, 1.54) is 0 Å². The summed E-state index contributed by atoms with van der Waals surface area (Å²) in [7, 11) is -4.67. The number of amides is 1. The van der Waals surface area contributed by atoms with Crippen molar-refractivity contribution in [3.63, 3.8) is 0 Å². The van der Waals surface area contributed by atoms with Crippen molar-refractivity contribution in [2.45, 2.75) is 46.3 Å². The molecule has 0 radical (unpaired) electrons. The molecule has 0 heterocycles. The largest absolute Gasteiger partial charge is 0.442 e. The van der Waals surface area contributed by atoms with Gasteiger partial charge in [-0.15, -0.1) is 3.89 Å². The molecule has 1 atom stereocenters. The highest BCUT2D eigenvalue weighted by Gasteiger charge is 2.24. The van der Waals surface area contributed by atoms with Crippen LogP contribution in [-0.4, -0.2) is 32.0 Å². The third kappa shape index (κ3) is 9.17. The van der Waals surface area contributed by atoms with E-state index in [9.17, 15) is 17.1 Å². The molecule has 1 N–H and O–H groups in total. The molecule has 0 aliphatic rings. The molecule has 0 aromatic carbocycles. The normalized spacial score (nSPS) is 14.4. The Morgan fingerprint density at radius 2 is 1.83 bits per heavy atom. The van der Waals surface area contributed by atoms with Crippen molar-refractivity contribution >= 4 is 16.3 Å². The number of carbonyl (C=O) groups excluding carboxylic acids is 1. The first-order valence-corrected chi connectivity index (χ1v) is 7.03. The van der Waals surface area contributed by atoms with Crippen molar-refractivity contribution in [2.75, 3.05) is 5.75 Å². The second-order valence-electron chi connectivity index (χ2n) is 5.21. The van der Waals surface area contributed by atoms with Gasteiger partial charge in [-0.05, 0) is 26.7 Å². The van der Waals surface area contributed by atoms with Crippen LogP contribution in [0.3, 0.4) is 0 Å². The fraction of sp³-hybridized carbons (Fsp3) is 0.900. The van der Waals surface area contributed by atoms with Crippen LogP contribution in [0.2, 0.25) is 0 Å². The molecule has 0 spiro atoms. The molecule has 6 nitrogen and oxygen atoms in total. The minimum atomic E-state index is -4.67. The average molecular weight is 285 g/mol. The number of ether oxygens (including phenoxy) is 1. The molecule has 0 saturated carbocycles. The molecule has 0 fully saturated rings. The Morgan fingerprint density at radius 3 is 2.17 bits per heavy atom. The summed E-state index contributed by atoms with van der Waals surface area (Å²) < 4.78 is 38.5. The van der Waals surface area contributed by atoms with Gasteiger partial charge in [-0.1, -0.05) is 13.8 Å².